The molecule has 0 aliphatic rings. The first-order valence-electron chi connectivity index (χ1n) is 5.34. The SMILES string of the molecule is CC(N)CNC(=O)CCc1cccc(Cl)c1. The molecule has 1 aromatic carbocycles. The summed E-state index contributed by atoms with van der Waals surface area (Å²) in [6, 6.07) is 7.54. The second kappa shape index (κ2) is 6.51. The first kappa shape index (κ1) is 13.0. The van der Waals surface area contributed by atoms with Crippen molar-refractivity contribution in [1.29, 1.82) is 0 Å². The second-order valence-electron chi connectivity index (χ2n) is 3.91. The molecule has 0 aromatic heterocycles. The predicted molar refractivity (Wildman–Crippen MR) is 66.4 cm³/mol. The van der Waals surface area contributed by atoms with Crippen molar-refractivity contribution in [3.63, 3.8) is 0 Å². The molecule has 1 amide bonds. The Kier molecular flexibility index (Phi) is 5.29. The summed E-state index contributed by atoms with van der Waals surface area (Å²) in [7, 11) is 0. The van der Waals surface area contributed by atoms with Crippen LogP contribution >= 0.6 is 11.6 Å². The lowest BCUT2D eigenvalue weighted by Gasteiger charge is -2.07. The highest BCUT2D eigenvalue weighted by molar-refractivity contribution is 6.30. The van der Waals surface area contributed by atoms with E-state index in [2.05, 4.69) is 5.32 Å². The zero-order chi connectivity index (χ0) is 12.0. The molecule has 0 saturated heterocycles. The number of hydrogen-bond donors (Lipinski definition) is 2. The summed E-state index contributed by atoms with van der Waals surface area (Å²) in [5.74, 6) is 0.0253. The van der Waals surface area contributed by atoms with E-state index < -0.39 is 0 Å². The summed E-state index contributed by atoms with van der Waals surface area (Å²) < 4.78 is 0. The molecule has 3 nitrogen and oxygen atoms in total. The molecular formula is C12H17ClN2O. The molecule has 1 rings (SSSR count). The van der Waals surface area contributed by atoms with Gasteiger partial charge in [0.15, 0.2) is 0 Å². The summed E-state index contributed by atoms with van der Waals surface area (Å²) in [6.07, 6.45) is 1.17. The maximum Gasteiger partial charge on any atom is 0.220 e. The number of rotatable bonds is 5. The van der Waals surface area contributed by atoms with Crippen molar-refractivity contribution in [3.05, 3.63) is 34.9 Å². The molecule has 0 heterocycles. The fourth-order valence-electron chi connectivity index (χ4n) is 1.31. The molecular weight excluding hydrogens is 224 g/mol. The van der Waals surface area contributed by atoms with Gasteiger partial charge in [-0.15, -0.1) is 0 Å². The monoisotopic (exact) mass is 240 g/mol. The van der Waals surface area contributed by atoms with Gasteiger partial charge >= 0.3 is 0 Å². The minimum absolute atomic E-state index is 0.00452. The van der Waals surface area contributed by atoms with Crippen LogP contribution in [-0.4, -0.2) is 18.5 Å². The normalized spacial score (nSPS) is 12.2. The van der Waals surface area contributed by atoms with E-state index >= 15 is 0 Å². The molecule has 0 saturated carbocycles. The number of carbonyl (C=O) groups excluding carboxylic acids is 1. The molecule has 4 heteroatoms. The fourth-order valence-corrected chi connectivity index (χ4v) is 1.53. The van der Waals surface area contributed by atoms with Crippen molar-refractivity contribution in [3.8, 4) is 0 Å². The molecule has 88 valence electrons. The van der Waals surface area contributed by atoms with Gasteiger partial charge in [-0.3, -0.25) is 4.79 Å². The van der Waals surface area contributed by atoms with Crippen LogP contribution in [-0.2, 0) is 11.2 Å². The lowest BCUT2D eigenvalue weighted by molar-refractivity contribution is -0.121. The van der Waals surface area contributed by atoms with Gasteiger partial charge in [0.2, 0.25) is 5.91 Å². The maximum atomic E-state index is 11.4. The number of carbonyl (C=O) groups is 1. The van der Waals surface area contributed by atoms with Crippen LogP contribution in [0.4, 0.5) is 0 Å². The number of nitrogens with two attached hydrogens (primary N) is 1. The summed E-state index contributed by atoms with van der Waals surface area (Å²) in [5.41, 5.74) is 6.61. The Bertz CT molecular complexity index is 353. The second-order valence-corrected chi connectivity index (χ2v) is 4.35. The Morgan fingerprint density at radius 1 is 1.56 bits per heavy atom. The molecule has 1 aromatic rings. The summed E-state index contributed by atoms with van der Waals surface area (Å²) in [4.78, 5) is 11.4. The smallest absolute Gasteiger partial charge is 0.220 e. The van der Waals surface area contributed by atoms with Crippen molar-refractivity contribution in [1.82, 2.24) is 5.32 Å². The molecule has 0 aliphatic carbocycles. The molecule has 0 fully saturated rings. The molecule has 1 unspecified atom stereocenters. The number of aryl methyl sites for hydroxylation is 1. The third kappa shape index (κ3) is 5.14. The summed E-state index contributed by atoms with van der Waals surface area (Å²) in [5, 5.41) is 3.47. The third-order valence-corrected chi connectivity index (χ3v) is 2.39. The molecule has 0 aliphatic heterocycles. The highest BCUT2D eigenvalue weighted by Crippen LogP contribution is 2.11. The zero-order valence-electron chi connectivity index (χ0n) is 9.37. The number of nitrogens with one attached hydrogen (secondary N) is 1. The van der Waals surface area contributed by atoms with E-state index in [9.17, 15) is 4.79 Å². The first-order chi connectivity index (χ1) is 7.58. The van der Waals surface area contributed by atoms with Crippen LogP contribution < -0.4 is 11.1 Å². The van der Waals surface area contributed by atoms with Crippen LogP contribution in [0, 0.1) is 0 Å². The standard InChI is InChI=1S/C12H17ClN2O/c1-9(14)8-15-12(16)6-5-10-3-2-4-11(13)7-10/h2-4,7,9H,5-6,8,14H2,1H3,(H,15,16). The van der Waals surface area contributed by atoms with Gasteiger partial charge in [-0.25, -0.2) is 0 Å². The number of hydrogen-bond acceptors (Lipinski definition) is 2. The summed E-state index contributed by atoms with van der Waals surface area (Å²) in [6.45, 7) is 2.38. The van der Waals surface area contributed by atoms with Crippen molar-refractivity contribution in [2.75, 3.05) is 6.54 Å². The van der Waals surface area contributed by atoms with Gasteiger partial charge in [0.1, 0.15) is 0 Å². The largest absolute Gasteiger partial charge is 0.355 e. The summed E-state index contributed by atoms with van der Waals surface area (Å²) >= 11 is 5.85. The van der Waals surface area contributed by atoms with Crippen LogP contribution in [0.15, 0.2) is 24.3 Å². The third-order valence-electron chi connectivity index (χ3n) is 2.15. The van der Waals surface area contributed by atoms with Gasteiger partial charge in [-0.1, -0.05) is 23.7 Å². The van der Waals surface area contributed by atoms with E-state index in [4.69, 9.17) is 17.3 Å². The molecule has 0 bridgehead atoms. The molecule has 0 radical (unpaired) electrons. The zero-order valence-corrected chi connectivity index (χ0v) is 10.1. The highest BCUT2D eigenvalue weighted by Gasteiger charge is 2.03. The Hall–Kier alpha value is -1.06. The van der Waals surface area contributed by atoms with E-state index in [1.165, 1.54) is 0 Å². The number of benzene rings is 1. The Balaban J connectivity index is 2.31. The Morgan fingerprint density at radius 3 is 2.94 bits per heavy atom. The van der Waals surface area contributed by atoms with Crippen LogP contribution in [0.1, 0.15) is 18.9 Å². The van der Waals surface area contributed by atoms with Crippen molar-refractivity contribution >= 4 is 17.5 Å². The van der Waals surface area contributed by atoms with E-state index in [1.54, 1.807) is 0 Å². The van der Waals surface area contributed by atoms with Crippen molar-refractivity contribution in [2.24, 2.45) is 5.73 Å². The van der Waals surface area contributed by atoms with Gasteiger partial charge in [0.25, 0.3) is 0 Å². The van der Waals surface area contributed by atoms with Crippen LogP contribution in [0.25, 0.3) is 0 Å². The molecule has 1 atom stereocenters. The Morgan fingerprint density at radius 2 is 2.31 bits per heavy atom. The van der Waals surface area contributed by atoms with Crippen LogP contribution in [0.2, 0.25) is 5.02 Å². The van der Waals surface area contributed by atoms with Gasteiger partial charge < -0.3 is 11.1 Å². The average molecular weight is 241 g/mol. The highest BCUT2D eigenvalue weighted by atomic mass is 35.5. The minimum atomic E-state index is -0.00452. The van der Waals surface area contributed by atoms with Gasteiger partial charge in [0.05, 0.1) is 0 Å². The average Bonchev–Trinajstić information content (AvgIpc) is 2.23. The number of halogens is 1. The van der Waals surface area contributed by atoms with Gasteiger partial charge in [0, 0.05) is 24.0 Å². The molecule has 0 spiro atoms. The topological polar surface area (TPSA) is 55.1 Å². The van der Waals surface area contributed by atoms with E-state index in [0.29, 0.717) is 24.4 Å². The van der Waals surface area contributed by atoms with Crippen molar-refractivity contribution < 1.29 is 4.79 Å². The molecule has 16 heavy (non-hydrogen) atoms. The first-order valence-corrected chi connectivity index (χ1v) is 5.72. The minimum Gasteiger partial charge on any atom is -0.355 e. The van der Waals surface area contributed by atoms with Gasteiger partial charge in [-0.2, -0.15) is 0 Å². The van der Waals surface area contributed by atoms with E-state index in [0.717, 1.165) is 5.56 Å². The van der Waals surface area contributed by atoms with Crippen LogP contribution in [0.5, 0.6) is 0 Å². The lowest BCUT2D eigenvalue weighted by Crippen LogP contribution is -2.35. The van der Waals surface area contributed by atoms with Gasteiger partial charge in [-0.05, 0) is 31.0 Å². The predicted octanol–water partition coefficient (Wildman–Crippen LogP) is 1.74. The fraction of sp³-hybridized carbons (Fsp3) is 0.417. The maximum absolute atomic E-state index is 11.4. The van der Waals surface area contributed by atoms with E-state index in [-0.39, 0.29) is 11.9 Å². The molecule has 3 N–H and O–H groups in total. The number of amides is 1. The van der Waals surface area contributed by atoms with Crippen molar-refractivity contribution in [2.45, 2.75) is 25.8 Å². The van der Waals surface area contributed by atoms with Crippen LogP contribution in [0.3, 0.4) is 0 Å². The van der Waals surface area contributed by atoms with E-state index in [1.807, 2.05) is 31.2 Å². The lowest BCUT2D eigenvalue weighted by atomic mass is 10.1. The quantitative estimate of drug-likeness (QED) is 0.824. The Labute approximate surface area is 101 Å².